The first-order chi connectivity index (χ1) is 7.58. The van der Waals surface area contributed by atoms with Gasteiger partial charge in [0.25, 0.3) is 5.69 Å². The highest BCUT2D eigenvalue weighted by molar-refractivity contribution is 9.09. The van der Waals surface area contributed by atoms with Gasteiger partial charge in [-0.15, -0.1) is 11.8 Å². The van der Waals surface area contributed by atoms with E-state index in [9.17, 15) is 14.9 Å². The fourth-order valence-corrected chi connectivity index (χ4v) is 1.88. The molecular weight excluding hydrogens is 294 g/mol. The lowest BCUT2D eigenvalue weighted by atomic mass is 10.1. The van der Waals surface area contributed by atoms with E-state index in [4.69, 9.17) is 0 Å². The van der Waals surface area contributed by atoms with Gasteiger partial charge in [-0.2, -0.15) is 0 Å². The van der Waals surface area contributed by atoms with Crippen LogP contribution in [0.15, 0.2) is 23.1 Å². The molecule has 0 amide bonds. The van der Waals surface area contributed by atoms with Crippen molar-refractivity contribution in [3.8, 4) is 0 Å². The normalized spacial score (nSPS) is 10.1. The third-order valence-electron chi connectivity index (χ3n) is 2.03. The second-order valence-electron chi connectivity index (χ2n) is 3.10. The van der Waals surface area contributed by atoms with Gasteiger partial charge in [-0.1, -0.05) is 22.0 Å². The Kier molecular flexibility index (Phi) is 4.95. The van der Waals surface area contributed by atoms with Crippen LogP contribution in [0.3, 0.4) is 0 Å². The van der Waals surface area contributed by atoms with Crippen molar-refractivity contribution >= 4 is 39.2 Å². The third kappa shape index (κ3) is 3.31. The molecule has 0 saturated carbocycles. The first kappa shape index (κ1) is 13.2. The van der Waals surface area contributed by atoms with Gasteiger partial charge in [-0.25, -0.2) is 0 Å². The van der Waals surface area contributed by atoms with Crippen LogP contribution in [0, 0.1) is 10.1 Å². The molecule has 1 rings (SSSR count). The van der Waals surface area contributed by atoms with Crippen molar-refractivity contribution in [3.05, 3.63) is 33.9 Å². The predicted octanol–water partition coefficient (Wildman–Crippen LogP) is 2.82. The summed E-state index contributed by atoms with van der Waals surface area (Å²) in [6, 6.07) is 4.93. The van der Waals surface area contributed by atoms with Gasteiger partial charge < -0.3 is 0 Å². The Morgan fingerprint density at radius 1 is 1.56 bits per heavy atom. The molecule has 0 fully saturated rings. The van der Waals surface area contributed by atoms with E-state index in [1.54, 1.807) is 12.1 Å². The highest BCUT2D eigenvalue weighted by Gasteiger charge is 2.16. The van der Waals surface area contributed by atoms with Crippen molar-refractivity contribution in [1.82, 2.24) is 0 Å². The Labute approximate surface area is 106 Å². The van der Waals surface area contributed by atoms with Crippen LogP contribution in [0.25, 0.3) is 0 Å². The van der Waals surface area contributed by atoms with Crippen LogP contribution in [-0.2, 0) is 11.2 Å². The van der Waals surface area contributed by atoms with Crippen molar-refractivity contribution in [2.45, 2.75) is 11.3 Å². The van der Waals surface area contributed by atoms with E-state index >= 15 is 0 Å². The lowest BCUT2D eigenvalue weighted by Gasteiger charge is -2.03. The number of hydrogen-bond acceptors (Lipinski definition) is 4. The van der Waals surface area contributed by atoms with Gasteiger partial charge in [0.1, 0.15) is 5.78 Å². The van der Waals surface area contributed by atoms with Crippen molar-refractivity contribution in [2.24, 2.45) is 0 Å². The number of ketones is 1. The number of rotatable bonds is 5. The molecule has 16 heavy (non-hydrogen) atoms. The molecular formula is C10H10BrNO3S. The maximum absolute atomic E-state index is 11.2. The van der Waals surface area contributed by atoms with Crippen LogP contribution in [0.4, 0.5) is 5.69 Å². The smallest absolute Gasteiger partial charge is 0.274 e. The molecule has 0 N–H and O–H groups in total. The molecule has 0 unspecified atom stereocenters. The molecule has 86 valence electrons. The quantitative estimate of drug-likeness (QED) is 0.363. The maximum atomic E-state index is 11.2. The lowest BCUT2D eigenvalue weighted by Crippen LogP contribution is -2.06. The molecule has 0 aliphatic heterocycles. The van der Waals surface area contributed by atoms with Gasteiger partial charge in [0.15, 0.2) is 0 Å². The number of nitro benzene ring substituents is 1. The van der Waals surface area contributed by atoms with Gasteiger partial charge in [0.2, 0.25) is 0 Å². The Hall–Kier alpha value is -0.880. The van der Waals surface area contributed by atoms with Gasteiger partial charge in [-0.05, 0) is 12.3 Å². The molecule has 6 heteroatoms. The summed E-state index contributed by atoms with van der Waals surface area (Å²) in [6.45, 7) is 0. The molecule has 4 nitrogen and oxygen atoms in total. The minimum Gasteiger partial charge on any atom is -0.298 e. The average Bonchev–Trinajstić information content (AvgIpc) is 2.29. The second kappa shape index (κ2) is 6.00. The second-order valence-corrected chi connectivity index (χ2v) is 4.54. The summed E-state index contributed by atoms with van der Waals surface area (Å²) in [5.74, 6) is -0.0694. The molecule has 1 aromatic carbocycles. The highest BCUT2D eigenvalue weighted by atomic mass is 79.9. The lowest BCUT2D eigenvalue weighted by molar-refractivity contribution is -0.385. The SMILES string of the molecule is CSc1ccc(CC(=O)CBr)c([N+](=O)[O-])c1. The summed E-state index contributed by atoms with van der Waals surface area (Å²) in [5.41, 5.74) is 0.480. The summed E-state index contributed by atoms with van der Waals surface area (Å²) in [4.78, 5) is 22.4. The molecule has 0 saturated heterocycles. The number of alkyl halides is 1. The Bertz CT molecular complexity index is 423. The molecule has 0 atom stereocenters. The standard InChI is InChI=1S/C10H10BrNO3S/c1-16-9-3-2-7(4-8(13)6-11)10(5-9)12(14)15/h2-3,5H,4,6H2,1H3. The summed E-state index contributed by atoms with van der Waals surface area (Å²) >= 11 is 4.47. The summed E-state index contributed by atoms with van der Waals surface area (Å²) in [7, 11) is 0. The van der Waals surface area contributed by atoms with Crippen LogP contribution in [0.5, 0.6) is 0 Å². The van der Waals surface area contributed by atoms with E-state index in [0.29, 0.717) is 5.56 Å². The average molecular weight is 304 g/mol. The maximum Gasteiger partial charge on any atom is 0.274 e. The fourth-order valence-electron chi connectivity index (χ4n) is 1.25. The number of Topliss-reactive ketones (excluding diaryl/α,β-unsaturated/α-hetero) is 1. The zero-order valence-corrected chi connectivity index (χ0v) is 11.0. The van der Waals surface area contributed by atoms with Crippen molar-refractivity contribution in [3.63, 3.8) is 0 Å². The van der Waals surface area contributed by atoms with Crippen LogP contribution in [-0.4, -0.2) is 22.3 Å². The topological polar surface area (TPSA) is 60.2 Å². The predicted molar refractivity (Wildman–Crippen MR) is 67.4 cm³/mol. The van der Waals surface area contributed by atoms with Crippen molar-refractivity contribution in [1.29, 1.82) is 0 Å². The number of nitrogens with zero attached hydrogens (tertiary/aromatic N) is 1. The summed E-state index contributed by atoms with van der Waals surface area (Å²) in [5, 5.41) is 11.0. The molecule has 0 heterocycles. The number of carbonyl (C=O) groups excluding carboxylic acids is 1. The molecule has 0 aliphatic carbocycles. The minimum absolute atomic E-state index is 0.0150. The molecule has 0 aliphatic rings. The van der Waals surface area contributed by atoms with Crippen LogP contribution < -0.4 is 0 Å². The van der Waals surface area contributed by atoms with E-state index in [0.717, 1.165) is 4.90 Å². The minimum atomic E-state index is -0.448. The zero-order chi connectivity index (χ0) is 12.1. The van der Waals surface area contributed by atoms with Crippen molar-refractivity contribution in [2.75, 3.05) is 11.6 Å². The number of benzene rings is 1. The van der Waals surface area contributed by atoms with Gasteiger partial charge in [0, 0.05) is 22.9 Å². The van der Waals surface area contributed by atoms with E-state index in [-0.39, 0.29) is 23.2 Å². The summed E-state index contributed by atoms with van der Waals surface area (Å²) < 4.78 is 0. The van der Waals surface area contributed by atoms with Crippen LogP contribution >= 0.6 is 27.7 Å². The Morgan fingerprint density at radius 2 is 2.25 bits per heavy atom. The highest BCUT2D eigenvalue weighted by Crippen LogP contribution is 2.25. The first-order valence-corrected chi connectivity index (χ1v) is 6.82. The Balaban J connectivity index is 3.08. The van der Waals surface area contributed by atoms with Gasteiger partial charge in [0.05, 0.1) is 10.3 Å². The molecule has 0 spiro atoms. The van der Waals surface area contributed by atoms with Gasteiger partial charge >= 0.3 is 0 Å². The summed E-state index contributed by atoms with van der Waals surface area (Å²) in [6.07, 6.45) is 1.94. The van der Waals surface area contributed by atoms with Crippen LogP contribution in [0.1, 0.15) is 5.56 Å². The molecule has 0 aromatic heterocycles. The number of nitro groups is 1. The van der Waals surface area contributed by atoms with E-state index in [2.05, 4.69) is 15.9 Å². The number of thioether (sulfide) groups is 1. The van der Waals surface area contributed by atoms with E-state index in [1.807, 2.05) is 6.26 Å². The monoisotopic (exact) mass is 303 g/mol. The third-order valence-corrected chi connectivity index (χ3v) is 3.38. The van der Waals surface area contributed by atoms with Gasteiger partial charge in [-0.3, -0.25) is 14.9 Å². The number of carbonyl (C=O) groups is 1. The Morgan fingerprint density at radius 3 is 2.75 bits per heavy atom. The zero-order valence-electron chi connectivity index (χ0n) is 8.60. The van der Waals surface area contributed by atoms with Crippen molar-refractivity contribution < 1.29 is 9.72 Å². The number of halogens is 1. The fraction of sp³-hybridized carbons (Fsp3) is 0.300. The number of hydrogen-bond donors (Lipinski definition) is 0. The van der Waals surface area contributed by atoms with Crippen LogP contribution in [0.2, 0.25) is 0 Å². The largest absolute Gasteiger partial charge is 0.298 e. The first-order valence-electron chi connectivity index (χ1n) is 4.47. The molecule has 1 aromatic rings. The molecule has 0 radical (unpaired) electrons. The van der Waals surface area contributed by atoms with E-state index in [1.165, 1.54) is 17.8 Å². The van der Waals surface area contributed by atoms with E-state index < -0.39 is 4.92 Å². The molecule has 0 bridgehead atoms.